The average Bonchev–Trinajstić information content (AvgIpc) is 2.68. The van der Waals surface area contributed by atoms with Crippen LogP contribution in [0.1, 0.15) is 13.8 Å². The second-order valence-corrected chi connectivity index (χ2v) is 5.87. The quantitative estimate of drug-likeness (QED) is 0.783. The van der Waals surface area contributed by atoms with Crippen molar-refractivity contribution >= 4 is 32.4 Å². The summed E-state index contributed by atoms with van der Waals surface area (Å²) in [7, 11) is 0. The Bertz CT molecular complexity index is 315. The molecule has 0 aromatic carbocycles. The minimum Gasteiger partial charge on any atom is -0.368 e. The number of rotatable bonds is 2. The molecular formula is C10H15BrN2OS. The van der Waals surface area contributed by atoms with Gasteiger partial charge < -0.3 is 9.64 Å². The summed E-state index contributed by atoms with van der Waals surface area (Å²) in [5.74, 6) is 0. The highest BCUT2D eigenvalue weighted by atomic mass is 79.9. The van der Waals surface area contributed by atoms with E-state index < -0.39 is 0 Å². The zero-order valence-electron chi connectivity index (χ0n) is 8.94. The molecule has 0 spiro atoms. The number of hydrogen-bond acceptors (Lipinski definition) is 4. The Morgan fingerprint density at radius 2 is 2.53 bits per heavy atom. The van der Waals surface area contributed by atoms with Crippen LogP contribution in [0.15, 0.2) is 11.6 Å². The summed E-state index contributed by atoms with van der Waals surface area (Å²) in [6.45, 7) is 6.08. The summed E-state index contributed by atoms with van der Waals surface area (Å²) in [5.41, 5.74) is -0.0949. The van der Waals surface area contributed by atoms with Crippen molar-refractivity contribution in [2.45, 2.75) is 25.6 Å². The first-order valence-electron chi connectivity index (χ1n) is 4.99. The summed E-state index contributed by atoms with van der Waals surface area (Å²) in [4.78, 5) is 6.65. The van der Waals surface area contributed by atoms with E-state index in [2.05, 4.69) is 39.7 Å². The molecular weight excluding hydrogens is 276 g/mol. The second-order valence-electron chi connectivity index (χ2n) is 4.35. The van der Waals surface area contributed by atoms with Crippen LogP contribution in [0.3, 0.4) is 0 Å². The summed E-state index contributed by atoms with van der Waals surface area (Å²) < 4.78 is 5.94. The van der Waals surface area contributed by atoms with Crippen LogP contribution in [0, 0.1) is 0 Å². The van der Waals surface area contributed by atoms with Gasteiger partial charge in [-0.05, 0) is 13.8 Å². The van der Waals surface area contributed by atoms with Gasteiger partial charge in [0.2, 0.25) is 0 Å². The van der Waals surface area contributed by atoms with Crippen molar-refractivity contribution in [2.75, 3.05) is 23.3 Å². The van der Waals surface area contributed by atoms with Crippen molar-refractivity contribution in [1.82, 2.24) is 4.98 Å². The average molecular weight is 291 g/mol. The summed E-state index contributed by atoms with van der Waals surface area (Å²) in [6.07, 6.45) is 2.10. The minimum atomic E-state index is -0.0949. The van der Waals surface area contributed by atoms with Gasteiger partial charge in [0.1, 0.15) is 0 Å². The molecule has 1 aliphatic heterocycles. The van der Waals surface area contributed by atoms with Gasteiger partial charge >= 0.3 is 0 Å². The zero-order valence-corrected chi connectivity index (χ0v) is 11.3. The molecule has 0 N–H and O–H groups in total. The molecule has 3 nitrogen and oxygen atoms in total. The summed E-state index contributed by atoms with van der Waals surface area (Å²) >= 11 is 5.17. The number of nitrogens with zero attached hydrogens (tertiary/aromatic N) is 2. The van der Waals surface area contributed by atoms with Gasteiger partial charge in [0.05, 0.1) is 11.7 Å². The molecule has 2 heterocycles. The number of hydrogen-bond donors (Lipinski definition) is 0. The highest BCUT2D eigenvalue weighted by Gasteiger charge is 2.33. The molecule has 1 saturated heterocycles. The number of morpholine rings is 1. The van der Waals surface area contributed by atoms with Gasteiger partial charge in [-0.15, -0.1) is 11.3 Å². The Morgan fingerprint density at radius 1 is 1.73 bits per heavy atom. The fourth-order valence-corrected chi connectivity index (χ4v) is 2.88. The Kier molecular flexibility index (Phi) is 3.33. The van der Waals surface area contributed by atoms with Crippen LogP contribution in [0.2, 0.25) is 0 Å². The first-order chi connectivity index (χ1) is 7.11. The number of anilines is 1. The van der Waals surface area contributed by atoms with E-state index in [-0.39, 0.29) is 11.7 Å². The molecule has 15 heavy (non-hydrogen) atoms. The molecule has 1 aromatic heterocycles. The molecule has 1 atom stereocenters. The molecule has 1 aliphatic rings. The predicted molar refractivity (Wildman–Crippen MR) is 67.1 cm³/mol. The van der Waals surface area contributed by atoms with Crippen molar-refractivity contribution in [3.63, 3.8) is 0 Å². The number of aromatic nitrogens is 1. The lowest BCUT2D eigenvalue weighted by Gasteiger charge is -2.42. The molecule has 84 valence electrons. The van der Waals surface area contributed by atoms with Gasteiger partial charge in [-0.1, -0.05) is 15.9 Å². The van der Waals surface area contributed by atoms with Gasteiger partial charge in [0, 0.05) is 30.0 Å². The fraction of sp³-hybridized carbons (Fsp3) is 0.700. The molecule has 0 saturated carbocycles. The van der Waals surface area contributed by atoms with Crippen LogP contribution in [0.4, 0.5) is 5.13 Å². The topological polar surface area (TPSA) is 25.4 Å². The summed E-state index contributed by atoms with van der Waals surface area (Å²) in [6, 6.07) is 0. The Hall–Kier alpha value is -0.130. The van der Waals surface area contributed by atoms with E-state index in [0.717, 1.165) is 23.6 Å². The largest absolute Gasteiger partial charge is 0.368 e. The maximum atomic E-state index is 5.94. The standard InChI is InChI=1S/C10H15BrN2OS/c1-10(2)7-13(6-8(5-11)14-10)9-12-3-4-15-9/h3-4,8H,5-7H2,1-2H3. The second kappa shape index (κ2) is 4.39. The van der Waals surface area contributed by atoms with Crippen LogP contribution in [0.5, 0.6) is 0 Å². The van der Waals surface area contributed by atoms with Crippen LogP contribution in [-0.4, -0.2) is 35.1 Å². The first-order valence-corrected chi connectivity index (χ1v) is 6.99. The first kappa shape index (κ1) is 11.4. The highest BCUT2D eigenvalue weighted by molar-refractivity contribution is 9.09. The lowest BCUT2D eigenvalue weighted by atomic mass is 10.1. The van der Waals surface area contributed by atoms with E-state index in [4.69, 9.17) is 4.74 Å². The van der Waals surface area contributed by atoms with E-state index >= 15 is 0 Å². The normalized spacial score (nSPS) is 25.5. The Labute approximate surface area is 103 Å². The third-order valence-electron chi connectivity index (χ3n) is 2.34. The molecule has 0 radical (unpaired) electrons. The van der Waals surface area contributed by atoms with Crippen LogP contribution in [-0.2, 0) is 4.74 Å². The van der Waals surface area contributed by atoms with E-state index in [0.29, 0.717) is 0 Å². The van der Waals surface area contributed by atoms with Crippen molar-refractivity contribution in [1.29, 1.82) is 0 Å². The van der Waals surface area contributed by atoms with Gasteiger partial charge in [-0.3, -0.25) is 0 Å². The Balaban J connectivity index is 2.13. The van der Waals surface area contributed by atoms with Crippen molar-refractivity contribution < 1.29 is 4.74 Å². The molecule has 5 heteroatoms. The van der Waals surface area contributed by atoms with E-state index in [1.165, 1.54) is 0 Å². The monoisotopic (exact) mass is 290 g/mol. The Morgan fingerprint density at radius 3 is 3.13 bits per heavy atom. The molecule has 1 aromatic rings. The number of halogens is 1. The molecule has 0 aliphatic carbocycles. The maximum Gasteiger partial charge on any atom is 0.185 e. The number of alkyl halides is 1. The van der Waals surface area contributed by atoms with Gasteiger partial charge in [-0.25, -0.2) is 4.98 Å². The summed E-state index contributed by atoms with van der Waals surface area (Å²) in [5, 5.41) is 3.98. The van der Waals surface area contributed by atoms with Crippen LogP contribution in [0.25, 0.3) is 0 Å². The van der Waals surface area contributed by atoms with Crippen LogP contribution >= 0.6 is 27.3 Å². The molecule has 0 bridgehead atoms. The fourth-order valence-electron chi connectivity index (χ4n) is 1.89. The van der Waals surface area contributed by atoms with Gasteiger partial charge in [0.15, 0.2) is 5.13 Å². The van der Waals surface area contributed by atoms with E-state index in [1.54, 1.807) is 11.3 Å². The smallest absolute Gasteiger partial charge is 0.185 e. The zero-order chi connectivity index (χ0) is 10.9. The third-order valence-corrected chi connectivity index (χ3v) is 3.90. The lowest BCUT2D eigenvalue weighted by Crippen LogP contribution is -2.53. The number of ether oxygens (including phenoxy) is 1. The lowest BCUT2D eigenvalue weighted by molar-refractivity contribution is -0.0724. The molecule has 1 unspecified atom stereocenters. The highest BCUT2D eigenvalue weighted by Crippen LogP contribution is 2.27. The SMILES string of the molecule is CC1(C)CN(c2nccs2)CC(CBr)O1. The van der Waals surface area contributed by atoms with Crippen molar-refractivity contribution in [2.24, 2.45) is 0 Å². The molecule has 1 fully saturated rings. The minimum absolute atomic E-state index is 0.0949. The molecule has 0 amide bonds. The predicted octanol–water partition coefficient (Wildman–Crippen LogP) is 2.52. The third kappa shape index (κ3) is 2.71. The van der Waals surface area contributed by atoms with E-state index in [1.807, 2.05) is 11.6 Å². The van der Waals surface area contributed by atoms with Crippen molar-refractivity contribution in [3.8, 4) is 0 Å². The maximum absolute atomic E-state index is 5.94. The number of thiazole rings is 1. The van der Waals surface area contributed by atoms with E-state index in [9.17, 15) is 0 Å². The van der Waals surface area contributed by atoms with Crippen molar-refractivity contribution in [3.05, 3.63) is 11.6 Å². The van der Waals surface area contributed by atoms with Gasteiger partial charge in [-0.2, -0.15) is 0 Å². The molecule has 2 rings (SSSR count). The van der Waals surface area contributed by atoms with Crippen LogP contribution < -0.4 is 4.90 Å². The van der Waals surface area contributed by atoms with Gasteiger partial charge in [0.25, 0.3) is 0 Å².